The Labute approximate surface area is 112 Å². The Kier molecular flexibility index (Phi) is 4.29. The predicted molar refractivity (Wildman–Crippen MR) is 75.6 cm³/mol. The first-order chi connectivity index (χ1) is 9.22. The van der Waals surface area contributed by atoms with Crippen LogP contribution in [0.2, 0.25) is 0 Å². The fourth-order valence-electron chi connectivity index (χ4n) is 1.93. The standard InChI is InChI=1S/C16H17NO2/c1-3-6-12(2)16(18)19-11-14-8-4-7-13-9-5-10-17-15(13)14/h4-10H,3,11H2,1-2H3/b12-6-. The van der Waals surface area contributed by atoms with Gasteiger partial charge in [0.1, 0.15) is 6.61 Å². The van der Waals surface area contributed by atoms with Crippen LogP contribution in [-0.4, -0.2) is 11.0 Å². The van der Waals surface area contributed by atoms with E-state index in [1.54, 1.807) is 13.1 Å². The maximum Gasteiger partial charge on any atom is 0.333 e. The lowest BCUT2D eigenvalue weighted by molar-refractivity contribution is -0.140. The van der Waals surface area contributed by atoms with E-state index in [0.717, 1.165) is 22.9 Å². The summed E-state index contributed by atoms with van der Waals surface area (Å²) in [5.41, 5.74) is 2.46. The van der Waals surface area contributed by atoms with Gasteiger partial charge in [-0.15, -0.1) is 0 Å². The van der Waals surface area contributed by atoms with E-state index in [9.17, 15) is 4.79 Å². The van der Waals surface area contributed by atoms with Gasteiger partial charge < -0.3 is 4.74 Å². The number of ether oxygens (including phenoxy) is 1. The summed E-state index contributed by atoms with van der Waals surface area (Å²) < 4.78 is 5.30. The molecule has 0 fully saturated rings. The Hall–Kier alpha value is -2.16. The normalized spacial score (nSPS) is 11.6. The third-order valence-electron chi connectivity index (χ3n) is 2.91. The van der Waals surface area contributed by atoms with Crippen molar-refractivity contribution >= 4 is 16.9 Å². The van der Waals surface area contributed by atoms with Gasteiger partial charge in [0, 0.05) is 22.7 Å². The van der Waals surface area contributed by atoms with Crippen molar-refractivity contribution in [1.29, 1.82) is 0 Å². The van der Waals surface area contributed by atoms with Crippen LogP contribution in [0.1, 0.15) is 25.8 Å². The predicted octanol–water partition coefficient (Wildman–Crippen LogP) is 3.63. The summed E-state index contributed by atoms with van der Waals surface area (Å²) in [5, 5.41) is 1.05. The van der Waals surface area contributed by atoms with Gasteiger partial charge >= 0.3 is 5.97 Å². The van der Waals surface area contributed by atoms with E-state index in [2.05, 4.69) is 4.98 Å². The molecular formula is C16H17NO2. The Morgan fingerprint density at radius 1 is 1.32 bits per heavy atom. The summed E-state index contributed by atoms with van der Waals surface area (Å²) >= 11 is 0. The first kappa shape index (κ1) is 13.3. The number of fused-ring (bicyclic) bond motifs is 1. The molecule has 2 aromatic rings. The number of esters is 1. The van der Waals surface area contributed by atoms with Crippen LogP contribution >= 0.6 is 0 Å². The van der Waals surface area contributed by atoms with Gasteiger partial charge in [0.25, 0.3) is 0 Å². The number of rotatable bonds is 4. The van der Waals surface area contributed by atoms with E-state index in [4.69, 9.17) is 4.74 Å². The zero-order chi connectivity index (χ0) is 13.7. The molecule has 0 amide bonds. The molecule has 0 spiro atoms. The number of aromatic nitrogens is 1. The molecule has 0 bridgehead atoms. The summed E-state index contributed by atoms with van der Waals surface area (Å²) in [6, 6.07) is 9.77. The second kappa shape index (κ2) is 6.14. The summed E-state index contributed by atoms with van der Waals surface area (Å²) in [7, 11) is 0. The molecule has 0 unspecified atom stereocenters. The van der Waals surface area contributed by atoms with Crippen LogP contribution in [0.15, 0.2) is 48.2 Å². The smallest absolute Gasteiger partial charge is 0.333 e. The van der Waals surface area contributed by atoms with Crippen molar-refractivity contribution in [1.82, 2.24) is 4.98 Å². The summed E-state index contributed by atoms with van der Waals surface area (Å²) in [6.07, 6.45) is 4.44. The summed E-state index contributed by atoms with van der Waals surface area (Å²) in [5.74, 6) is -0.269. The highest BCUT2D eigenvalue weighted by Gasteiger charge is 2.07. The van der Waals surface area contributed by atoms with Crippen molar-refractivity contribution in [3.05, 3.63) is 53.7 Å². The Morgan fingerprint density at radius 3 is 2.89 bits per heavy atom. The van der Waals surface area contributed by atoms with Gasteiger partial charge in [-0.3, -0.25) is 4.98 Å². The minimum atomic E-state index is -0.269. The lowest BCUT2D eigenvalue weighted by atomic mass is 10.1. The number of para-hydroxylation sites is 1. The maximum atomic E-state index is 11.7. The van der Waals surface area contributed by atoms with Crippen LogP contribution in [0.3, 0.4) is 0 Å². The quantitative estimate of drug-likeness (QED) is 0.618. The monoisotopic (exact) mass is 255 g/mol. The number of carbonyl (C=O) groups is 1. The average Bonchev–Trinajstić information content (AvgIpc) is 2.45. The number of pyridine rings is 1. The summed E-state index contributed by atoms with van der Waals surface area (Å²) in [6.45, 7) is 4.01. The second-order valence-electron chi connectivity index (χ2n) is 4.36. The molecule has 0 radical (unpaired) electrons. The van der Waals surface area contributed by atoms with Crippen molar-refractivity contribution in [2.45, 2.75) is 26.9 Å². The van der Waals surface area contributed by atoms with Gasteiger partial charge in [-0.2, -0.15) is 0 Å². The zero-order valence-corrected chi connectivity index (χ0v) is 11.2. The van der Waals surface area contributed by atoms with Crippen LogP contribution in [0.4, 0.5) is 0 Å². The first-order valence-electron chi connectivity index (χ1n) is 6.39. The van der Waals surface area contributed by atoms with E-state index < -0.39 is 0 Å². The number of carbonyl (C=O) groups excluding carboxylic acids is 1. The van der Waals surface area contributed by atoms with Crippen LogP contribution in [0.25, 0.3) is 10.9 Å². The van der Waals surface area contributed by atoms with E-state index >= 15 is 0 Å². The van der Waals surface area contributed by atoms with E-state index in [1.807, 2.05) is 43.3 Å². The molecule has 2 rings (SSSR count). The highest BCUT2D eigenvalue weighted by molar-refractivity contribution is 5.88. The minimum absolute atomic E-state index is 0.252. The molecule has 1 aromatic heterocycles. The summed E-state index contributed by atoms with van der Waals surface area (Å²) in [4.78, 5) is 16.1. The number of hydrogen-bond acceptors (Lipinski definition) is 3. The third-order valence-corrected chi connectivity index (χ3v) is 2.91. The van der Waals surface area contributed by atoms with Gasteiger partial charge in [-0.25, -0.2) is 4.79 Å². The van der Waals surface area contributed by atoms with Crippen LogP contribution < -0.4 is 0 Å². The molecule has 0 aliphatic rings. The largest absolute Gasteiger partial charge is 0.457 e. The molecule has 0 saturated carbocycles. The molecule has 19 heavy (non-hydrogen) atoms. The molecule has 3 heteroatoms. The number of hydrogen-bond donors (Lipinski definition) is 0. The molecule has 1 aromatic carbocycles. The van der Waals surface area contributed by atoms with E-state index in [0.29, 0.717) is 5.57 Å². The highest BCUT2D eigenvalue weighted by atomic mass is 16.5. The second-order valence-corrected chi connectivity index (χ2v) is 4.36. The fraction of sp³-hybridized carbons (Fsp3) is 0.250. The molecule has 98 valence electrons. The lowest BCUT2D eigenvalue weighted by Crippen LogP contribution is -2.06. The minimum Gasteiger partial charge on any atom is -0.457 e. The van der Waals surface area contributed by atoms with E-state index in [1.165, 1.54) is 0 Å². The molecule has 1 heterocycles. The number of benzene rings is 1. The highest BCUT2D eigenvalue weighted by Crippen LogP contribution is 2.17. The number of allylic oxidation sites excluding steroid dienone is 1. The van der Waals surface area contributed by atoms with Crippen molar-refractivity contribution in [2.75, 3.05) is 0 Å². The number of nitrogens with zero attached hydrogens (tertiary/aromatic N) is 1. The van der Waals surface area contributed by atoms with Crippen molar-refractivity contribution in [2.24, 2.45) is 0 Å². The SMILES string of the molecule is CC/C=C(/C)C(=O)OCc1cccc2cccnc12. The topological polar surface area (TPSA) is 39.2 Å². The van der Waals surface area contributed by atoms with Crippen LogP contribution in [-0.2, 0) is 16.1 Å². The first-order valence-corrected chi connectivity index (χ1v) is 6.39. The van der Waals surface area contributed by atoms with Gasteiger partial charge in [-0.05, 0) is 19.4 Å². The maximum absolute atomic E-state index is 11.7. The van der Waals surface area contributed by atoms with Gasteiger partial charge in [0.05, 0.1) is 5.52 Å². The Balaban J connectivity index is 2.14. The van der Waals surface area contributed by atoms with Crippen LogP contribution in [0, 0.1) is 0 Å². The Morgan fingerprint density at radius 2 is 2.11 bits per heavy atom. The third kappa shape index (κ3) is 3.19. The van der Waals surface area contributed by atoms with Gasteiger partial charge in [-0.1, -0.05) is 37.3 Å². The molecule has 0 aliphatic heterocycles. The molecule has 0 atom stereocenters. The molecule has 0 saturated heterocycles. The van der Waals surface area contributed by atoms with E-state index in [-0.39, 0.29) is 12.6 Å². The zero-order valence-electron chi connectivity index (χ0n) is 11.2. The lowest BCUT2D eigenvalue weighted by Gasteiger charge is -2.07. The van der Waals surface area contributed by atoms with Crippen molar-refractivity contribution in [3.8, 4) is 0 Å². The fourth-order valence-corrected chi connectivity index (χ4v) is 1.93. The Bertz CT molecular complexity index is 612. The van der Waals surface area contributed by atoms with Crippen LogP contribution in [0.5, 0.6) is 0 Å². The van der Waals surface area contributed by atoms with Crippen molar-refractivity contribution in [3.63, 3.8) is 0 Å². The van der Waals surface area contributed by atoms with Crippen molar-refractivity contribution < 1.29 is 9.53 Å². The van der Waals surface area contributed by atoms with Gasteiger partial charge in [0.15, 0.2) is 0 Å². The molecular weight excluding hydrogens is 238 g/mol. The molecule has 0 N–H and O–H groups in total. The van der Waals surface area contributed by atoms with Gasteiger partial charge in [0.2, 0.25) is 0 Å². The average molecular weight is 255 g/mol. The molecule has 0 aliphatic carbocycles. The molecule has 3 nitrogen and oxygen atoms in total.